The van der Waals surface area contributed by atoms with Crippen LogP contribution in [0.3, 0.4) is 0 Å². The van der Waals surface area contributed by atoms with Crippen molar-refractivity contribution in [3.63, 3.8) is 0 Å². The van der Waals surface area contributed by atoms with Gasteiger partial charge in [0.1, 0.15) is 4.88 Å². The molecular weight excluding hydrogens is 296 g/mol. The number of rotatable bonds is 2. The second kappa shape index (κ2) is 4.95. The Bertz CT molecular complexity index is 851. The van der Waals surface area contributed by atoms with E-state index in [0.717, 1.165) is 11.3 Å². The van der Waals surface area contributed by atoms with Crippen molar-refractivity contribution >= 4 is 22.3 Å². The molecule has 3 aromatic rings. The van der Waals surface area contributed by atoms with E-state index in [1.807, 2.05) is 23.5 Å². The van der Waals surface area contributed by atoms with Gasteiger partial charge < -0.3 is 5.11 Å². The molecule has 5 heteroatoms. The predicted molar refractivity (Wildman–Crippen MR) is 88.9 cm³/mol. The third kappa shape index (κ3) is 2.31. The van der Waals surface area contributed by atoms with Gasteiger partial charge in [0.05, 0.1) is 5.69 Å². The lowest BCUT2D eigenvalue weighted by atomic mass is 9.86. The van der Waals surface area contributed by atoms with E-state index in [9.17, 15) is 9.90 Å². The van der Waals surface area contributed by atoms with Gasteiger partial charge in [0.2, 0.25) is 0 Å². The van der Waals surface area contributed by atoms with Gasteiger partial charge in [0.15, 0.2) is 4.96 Å². The van der Waals surface area contributed by atoms with E-state index in [2.05, 4.69) is 37.9 Å². The van der Waals surface area contributed by atoms with E-state index in [4.69, 9.17) is 0 Å². The van der Waals surface area contributed by atoms with Gasteiger partial charge in [0.25, 0.3) is 0 Å². The monoisotopic (exact) mass is 314 g/mol. The molecule has 0 atom stereocenters. The zero-order valence-electron chi connectivity index (χ0n) is 13.0. The Morgan fingerprint density at radius 3 is 2.41 bits per heavy atom. The van der Waals surface area contributed by atoms with Crippen LogP contribution in [0.5, 0.6) is 0 Å². The Kier molecular flexibility index (Phi) is 3.33. The van der Waals surface area contributed by atoms with E-state index in [1.165, 1.54) is 16.9 Å². The molecule has 0 fully saturated rings. The number of thiazole rings is 1. The molecule has 0 saturated heterocycles. The number of nitrogens with zero attached hydrogens (tertiary/aromatic N) is 2. The SMILES string of the molecule is Cc1cnc2sc(C(=O)O)c(-c3ccc(C(C)(C)C)cc3)n12. The lowest BCUT2D eigenvalue weighted by Gasteiger charge is -2.19. The summed E-state index contributed by atoms with van der Waals surface area (Å²) in [7, 11) is 0. The average Bonchev–Trinajstić information content (AvgIpc) is 2.98. The molecular formula is C17H18N2O2S. The maximum Gasteiger partial charge on any atom is 0.348 e. The maximum atomic E-state index is 11.6. The number of imidazole rings is 1. The van der Waals surface area contributed by atoms with Crippen molar-refractivity contribution in [2.75, 3.05) is 0 Å². The lowest BCUT2D eigenvalue weighted by Crippen LogP contribution is -2.10. The van der Waals surface area contributed by atoms with Gasteiger partial charge in [-0.1, -0.05) is 56.4 Å². The van der Waals surface area contributed by atoms with Crippen LogP contribution in [-0.2, 0) is 5.41 Å². The predicted octanol–water partition coefficient (Wildman–Crippen LogP) is 4.37. The minimum Gasteiger partial charge on any atom is -0.477 e. The highest BCUT2D eigenvalue weighted by Crippen LogP contribution is 2.34. The van der Waals surface area contributed by atoms with Crippen LogP contribution < -0.4 is 0 Å². The van der Waals surface area contributed by atoms with Crippen LogP contribution in [0.2, 0.25) is 0 Å². The molecule has 2 heterocycles. The van der Waals surface area contributed by atoms with E-state index in [1.54, 1.807) is 6.20 Å². The first kappa shape index (κ1) is 14.8. The van der Waals surface area contributed by atoms with E-state index in [-0.39, 0.29) is 5.41 Å². The molecule has 1 N–H and O–H groups in total. The van der Waals surface area contributed by atoms with Crippen LogP contribution >= 0.6 is 11.3 Å². The number of hydrogen-bond donors (Lipinski definition) is 1. The van der Waals surface area contributed by atoms with Crippen molar-refractivity contribution < 1.29 is 9.90 Å². The molecule has 0 aliphatic heterocycles. The van der Waals surface area contributed by atoms with E-state index >= 15 is 0 Å². The molecule has 4 nitrogen and oxygen atoms in total. The summed E-state index contributed by atoms with van der Waals surface area (Å²) in [5.41, 5.74) is 3.85. The normalized spacial score (nSPS) is 12.0. The van der Waals surface area contributed by atoms with Crippen molar-refractivity contribution in [3.8, 4) is 11.3 Å². The number of carbonyl (C=O) groups is 1. The summed E-state index contributed by atoms with van der Waals surface area (Å²) < 4.78 is 1.92. The third-order valence-electron chi connectivity index (χ3n) is 3.76. The first-order valence-corrected chi connectivity index (χ1v) is 7.92. The molecule has 3 rings (SSSR count). The topological polar surface area (TPSA) is 54.6 Å². The molecule has 114 valence electrons. The second-order valence-electron chi connectivity index (χ2n) is 6.43. The number of carboxylic acid groups (broad SMARTS) is 1. The highest BCUT2D eigenvalue weighted by molar-refractivity contribution is 7.19. The van der Waals surface area contributed by atoms with Gasteiger partial charge >= 0.3 is 5.97 Å². The lowest BCUT2D eigenvalue weighted by molar-refractivity contribution is 0.0702. The fourth-order valence-electron chi connectivity index (χ4n) is 2.53. The minimum absolute atomic E-state index is 0.0725. The summed E-state index contributed by atoms with van der Waals surface area (Å²) in [6, 6.07) is 8.12. The van der Waals surface area contributed by atoms with Crippen LogP contribution in [0.25, 0.3) is 16.2 Å². The van der Waals surface area contributed by atoms with Crippen molar-refractivity contribution in [1.82, 2.24) is 9.38 Å². The van der Waals surface area contributed by atoms with Gasteiger partial charge in [-0.05, 0) is 17.9 Å². The molecule has 22 heavy (non-hydrogen) atoms. The van der Waals surface area contributed by atoms with E-state index < -0.39 is 5.97 Å². The largest absolute Gasteiger partial charge is 0.477 e. The highest BCUT2D eigenvalue weighted by Gasteiger charge is 2.22. The van der Waals surface area contributed by atoms with Crippen LogP contribution in [0.15, 0.2) is 30.5 Å². The minimum atomic E-state index is -0.912. The molecule has 0 unspecified atom stereocenters. The van der Waals surface area contributed by atoms with Crippen LogP contribution in [-0.4, -0.2) is 20.5 Å². The summed E-state index contributed by atoms with van der Waals surface area (Å²) in [5, 5.41) is 9.49. The van der Waals surface area contributed by atoms with Crippen molar-refractivity contribution in [2.45, 2.75) is 33.1 Å². The van der Waals surface area contributed by atoms with Crippen LogP contribution in [0.1, 0.15) is 41.7 Å². The number of aromatic nitrogens is 2. The van der Waals surface area contributed by atoms with Crippen molar-refractivity contribution in [2.24, 2.45) is 0 Å². The van der Waals surface area contributed by atoms with Crippen molar-refractivity contribution in [1.29, 1.82) is 0 Å². The van der Waals surface area contributed by atoms with E-state index in [0.29, 0.717) is 15.5 Å². The molecule has 0 amide bonds. The Morgan fingerprint density at radius 2 is 1.86 bits per heavy atom. The number of carboxylic acids is 1. The fraction of sp³-hybridized carbons (Fsp3) is 0.294. The first-order valence-electron chi connectivity index (χ1n) is 7.10. The Balaban J connectivity index is 2.22. The quantitative estimate of drug-likeness (QED) is 0.764. The number of aryl methyl sites for hydroxylation is 1. The zero-order valence-corrected chi connectivity index (χ0v) is 13.9. The molecule has 0 radical (unpaired) electrons. The van der Waals surface area contributed by atoms with Crippen LogP contribution in [0, 0.1) is 6.92 Å². The fourth-order valence-corrected chi connectivity index (χ4v) is 3.54. The number of hydrogen-bond acceptors (Lipinski definition) is 3. The summed E-state index contributed by atoms with van der Waals surface area (Å²) in [4.78, 5) is 16.9. The van der Waals surface area contributed by atoms with Gasteiger partial charge in [-0.15, -0.1) is 0 Å². The van der Waals surface area contributed by atoms with Gasteiger partial charge in [0, 0.05) is 17.5 Å². The Labute approximate surface area is 133 Å². The number of benzene rings is 1. The zero-order chi connectivity index (χ0) is 16.1. The second-order valence-corrected chi connectivity index (χ2v) is 7.41. The molecule has 2 aromatic heterocycles. The highest BCUT2D eigenvalue weighted by atomic mass is 32.1. The van der Waals surface area contributed by atoms with Gasteiger partial charge in [-0.25, -0.2) is 9.78 Å². The molecule has 0 bridgehead atoms. The smallest absolute Gasteiger partial charge is 0.348 e. The van der Waals surface area contributed by atoms with Gasteiger partial charge in [-0.2, -0.15) is 0 Å². The molecule has 1 aromatic carbocycles. The molecule has 0 aliphatic rings. The molecule has 0 spiro atoms. The Hall–Kier alpha value is -2.14. The summed E-state index contributed by atoms with van der Waals surface area (Å²) >= 11 is 1.21. The average molecular weight is 314 g/mol. The number of aromatic carboxylic acids is 1. The third-order valence-corrected chi connectivity index (χ3v) is 4.80. The maximum absolute atomic E-state index is 11.6. The van der Waals surface area contributed by atoms with Crippen molar-refractivity contribution in [3.05, 3.63) is 46.6 Å². The summed E-state index contributed by atoms with van der Waals surface area (Å²) in [6.07, 6.45) is 1.77. The van der Waals surface area contributed by atoms with Gasteiger partial charge in [-0.3, -0.25) is 4.40 Å². The molecule has 0 aliphatic carbocycles. The summed E-state index contributed by atoms with van der Waals surface area (Å²) in [6.45, 7) is 8.42. The standard InChI is InChI=1S/C17H18N2O2S/c1-10-9-18-16-19(10)13(14(22-16)15(20)21)11-5-7-12(8-6-11)17(2,3)4/h5-9H,1-4H3,(H,20,21). The Morgan fingerprint density at radius 1 is 1.23 bits per heavy atom. The summed E-state index contributed by atoms with van der Waals surface area (Å²) in [5.74, 6) is -0.912. The molecule has 0 saturated carbocycles. The van der Waals surface area contributed by atoms with Crippen LogP contribution in [0.4, 0.5) is 0 Å². The first-order chi connectivity index (χ1) is 10.3. The number of fused-ring (bicyclic) bond motifs is 1.